The number of fused-ring (bicyclic) bond motifs is 1. The first-order valence-corrected chi connectivity index (χ1v) is 4.88. The second-order valence-corrected chi connectivity index (χ2v) is 3.88. The minimum Gasteiger partial charge on any atom is -0.390 e. The summed E-state index contributed by atoms with van der Waals surface area (Å²) >= 11 is 0. The molecule has 82 valence electrons. The third kappa shape index (κ3) is 1.69. The molecule has 2 rings (SSSR count). The van der Waals surface area contributed by atoms with Crippen LogP contribution in [0.25, 0.3) is 0 Å². The zero-order valence-electron chi connectivity index (χ0n) is 8.50. The predicted molar refractivity (Wildman–Crippen MR) is 54.4 cm³/mol. The van der Waals surface area contributed by atoms with Crippen molar-refractivity contribution in [2.75, 3.05) is 25.1 Å². The molecule has 0 fully saturated rings. The molecule has 0 amide bonds. The summed E-state index contributed by atoms with van der Waals surface area (Å²) in [4.78, 5) is 2.04. The maximum Gasteiger partial charge on any atom is 0.295 e. The molecule has 1 aromatic rings. The van der Waals surface area contributed by atoms with Gasteiger partial charge in [0.2, 0.25) is 0 Å². The fourth-order valence-corrected chi connectivity index (χ4v) is 1.89. The van der Waals surface area contributed by atoms with E-state index in [0.29, 0.717) is 0 Å². The Kier molecular flexibility index (Phi) is 2.38. The van der Waals surface area contributed by atoms with Crippen LogP contribution in [0.3, 0.4) is 0 Å². The van der Waals surface area contributed by atoms with Crippen LogP contribution in [0.4, 0.5) is 14.5 Å². The number of alkyl halides is 2. The number of likely N-dealkylation sites (N-methyl/N-ethyl adjacent to an activating group) is 1. The molecule has 0 atom stereocenters. The Hall–Kier alpha value is -1.16. The van der Waals surface area contributed by atoms with E-state index < -0.39 is 12.5 Å². The lowest BCUT2D eigenvalue weighted by Crippen LogP contribution is -2.18. The van der Waals surface area contributed by atoms with Crippen molar-refractivity contribution in [2.24, 2.45) is 0 Å². The SMILES string of the molecule is CN1CCc2cc(C(F)(F)CO)ccc21. The van der Waals surface area contributed by atoms with Gasteiger partial charge in [-0.1, -0.05) is 6.07 Å². The Bertz CT molecular complexity index is 379. The molecule has 1 N–H and O–H groups in total. The van der Waals surface area contributed by atoms with Gasteiger partial charge in [0.15, 0.2) is 0 Å². The van der Waals surface area contributed by atoms with Gasteiger partial charge in [-0.05, 0) is 24.1 Å². The highest BCUT2D eigenvalue weighted by Crippen LogP contribution is 2.33. The molecule has 15 heavy (non-hydrogen) atoms. The van der Waals surface area contributed by atoms with Crippen molar-refractivity contribution in [3.8, 4) is 0 Å². The molecule has 1 heterocycles. The Morgan fingerprint density at radius 3 is 2.87 bits per heavy atom. The number of aliphatic hydroxyl groups excluding tert-OH is 1. The van der Waals surface area contributed by atoms with Crippen LogP contribution < -0.4 is 4.90 Å². The van der Waals surface area contributed by atoms with Crippen LogP contribution in [0.5, 0.6) is 0 Å². The lowest BCUT2D eigenvalue weighted by Gasteiger charge is -2.16. The second kappa shape index (κ2) is 3.45. The van der Waals surface area contributed by atoms with E-state index in [-0.39, 0.29) is 5.56 Å². The van der Waals surface area contributed by atoms with Crippen molar-refractivity contribution >= 4 is 5.69 Å². The van der Waals surface area contributed by atoms with Gasteiger partial charge in [-0.2, -0.15) is 8.78 Å². The first-order chi connectivity index (χ1) is 7.04. The molecule has 1 aromatic carbocycles. The number of nitrogens with zero attached hydrogens (tertiary/aromatic N) is 1. The zero-order valence-corrected chi connectivity index (χ0v) is 8.50. The van der Waals surface area contributed by atoms with Gasteiger partial charge in [-0.3, -0.25) is 0 Å². The Labute approximate surface area is 87.1 Å². The summed E-state index contributed by atoms with van der Waals surface area (Å²) < 4.78 is 26.4. The molecular formula is C11H13F2NO. The molecule has 0 bridgehead atoms. The molecule has 1 aliphatic rings. The molecular weight excluding hydrogens is 200 g/mol. The van der Waals surface area contributed by atoms with Crippen LogP contribution in [0.2, 0.25) is 0 Å². The van der Waals surface area contributed by atoms with E-state index in [4.69, 9.17) is 5.11 Å². The molecule has 2 nitrogen and oxygen atoms in total. The van der Waals surface area contributed by atoms with Gasteiger partial charge in [0.25, 0.3) is 5.92 Å². The van der Waals surface area contributed by atoms with Crippen molar-refractivity contribution in [1.29, 1.82) is 0 Å². The van der Waals surface area contributed by atoms with E-state index in [9.17, 15) is 8.78 Å². The molecule has 1 aliphatic heterocycles. The number of aliphatic hydroxyl groups is 1. The van der Waals surface area contributed by atoms with Crippen LogP contribution in [-0.4, -0.2) is 25.3 Å². The van der Waals surface area contributed by atoms with Gasteiger partial charge in [-0.25, -0.2) is 0 Å². The van der Waals surface area contributed by atoms with Gasteiger partial charge in [0, 0.05) is 24.8 Å². The number of hydrogen-bond donors (Lipinski definition) is 1. The number of anilines is 1. The van der Waals surface area contributed by atoms with Crippen molar-refractivity contribution in [3.63, 3.8) is 0 Å². The highest BCUT2D eigenvalue weighted by Gasteiger charge is 2.31. The molecule has 0 saturated carbocycles. The first kappa shape index (κ1) is 10.4. The summed E-state index contributed by atoms with van der Waals surface area (Å²) in [6.45, 7) is -0.273. The monoisotopic (exact) mass is 213 g/mol. The van der Waals surface area contributed by atoms with E-state index >= 15 is 0 Å². The van der Waals surface area contributed by atoms with Crippen LogP contribution >= 0.6 is 0 Å². The Morgan fingerprint density at radius 2 is 2.20 bits per heavy atom. The Morgan fingerprint density at radius 1 is 1.47 bits per heavy atom. The maximum absolute atomic E-state index is 13.2. The number of rotatable bonds is 2. The van der Waals surface area contributed by atoms with Gasteiger partial charge in [-0.15, -0.1) is 0 Å². The normalized spacial score (nSPS) is 15.6. The summed E-state index contributed by atoms with van der Waals surface area (Å²) in [5, 5.41) is 8.59. The average molecular weight is 213 g/mol. The molecule has 0 aliphatic carbocycles. The topological polar surface area (TPSA) is 23.5 Å². The van der Waals surface area contributed by atoms with E-state index in [1.165, 1.54) is 12.1 Å². The summed E-state index contributed by atoms with van der Waals surface area (Å²) in [5.74, 6) is -3.13. The summed E-state index contributed by atoms with van der Waals surface area (Å²) in [6, 6.07) is 4.58. The van der Waals surface area contributed by atoms with Crippen LogP contribution in [-0.2, 0) is 12.3 Å². The number of hydrogen-bond acceptors (Lipinski definition) is 2. The molecule has 4 heteroatoms. The van der Waals surface area contributed by atoms with Gasteiger partial charge >= 0.3 is 0 Å². The fraction of sp³-hybridized carbons (Fsp3) is 0.455. The van der Waals surface area contributed by atoms with Crippen LogP contribution in [0.1, 0.15) is 11.1 Å². The fourth-order valence-electron chi connectivity index (χ4n) is 1.89. The van der Waals surface area contributed by atoms with Crippen molar-refractivity contribution in [2.45, 2.75) is 12.3 Å². The summed E-state index contributed by atoms with van der Waals surface area (Å²) in [5.41, 5.74) is 1.84. The minimum absolute atomic E-state index is 0.0981. The van der Waals surface area contributed by atoms with E-state index in [1.807, 2.05) is 11.9 Å². The van der Waals surface area contributed by atoms with E-state index in [1.54, 1.807) is 6.07 Å². The van der Waals surface area contributed by atoms with Crippen molar-refractivity contribution < 1.29 is 13.9 Å². The first-order valence-electron chi connectivity index (χ1n) is 4.88. The van der Waals surface area contributed by atoms with Crippen molar-refractivity contribution in [1.82, 2.24) is 0 Å². The molecule has 0 radical (unpaired) electrons. The highest BCUT2D eigenvalue weighted by molar-refractivity contribution is 5.58. The lowest BCUT2D eigenvalue weighted by atomic mass is 10.0. The number of halogens is 2. The maximum atomic E-state index is 13.2. The summed E-state index contributed by atoms with van der Waals surface area (Å²) in [7, 11) is 1.94. The largest absolute Gasteiger partial charge is 0.390 e. The minimum atomic E-state index is -3.13. The van der Waals surface area contributed by atoms with Gasteiger partial charge < -0.3 is 10.0 Å². The molecule has 0 spiro atoms. The van der Waals surface area contributed by atoms with Gasteiger partial charge in [0.05, 0.1) is 0 Å². The average Bonchev–Trinajstić information content (AvgIpc) is 2.60. The lowest BCUT2D eigenvalue weighted by molar-refractivity contribution is -0.0556. The molecule has 0 saturated heterocycles. The third-order valence-electron chi connectivity index (χ3n) is 2.83. The van der Waals surface area contributed by atoms with Crippen LogP contribution in [0.15, 0.2) is 18.2 Å². The molecule has 0 aromatic heterocycles. The predicted octanol–water partition coefficient (Wildman–Crippen LogP) is 1.76. The standard InChI is InChI=1S/C11H13F2NO/c1-14-5-4-8-6-9(2-3-10(8)14)11(12,13)7-15/h2-3,6,15H,4-5,7H2,1H3. The highest BCUT2D eigenvalue weighted by atomic mass is 19.3. The van der Waals surface area contributed by atoms with E-state index in [0.717, 1.165) is 24.2 Å². The number of benzene rings is 1. The van der Waals surface area contributed by atoms with Crippen molar-refractivity contribution in [3.05, 3.63) is 29.3 Å². The smallest absolute Gasteiger partial charge is 0.295 e. The molecule has 0 unspecified atom stereocenters. The second-order valence-electron chi connectivity index (χ2n) is 3.88. The van der Waals surface area contributed by atoms with Gasteiger partial charge in [0.1, 0.15) is 6.61 Å². The quantitative estimate of drug-likeness (QED) is 0.809. The van der Waals surface area contributed by atoms with E-state index in [2.05, 4.69) is 0 Å². The third-order valence-corrected chi connectivity index (χ3v) is 2.83. The van der Waals surface area contributed by atoms with Crippen LogP contribution in [0, 0.1) is 0 Å². The Balaban J connectivity index is 2.39. The zero-order chi connectivity index (χ0) is 11.1. The summed E-state index contributed by atoms with van der Waals surface area (Å²) in [6.07, 6.45) is 0.793.